The van der Waals surface area contributed by atoms with E-state index in [9.17, 15) is 4.79 Å². The highest BCUT2D eigenvalue weighted by Crippen LogP contribution is 2.18. The maximum atomic E-state index is 12.6. The van der Waals surface area contributed by atoms with Crippen LogP contribution in [0.5, 0.6) is 0 Å². The summed E-state index contributed by atoms with van der Waals surface area (Å²) in [5.74, 6) is 2.81. The molecule has 27 heavy (non-hydrogen) atoms. The van der Waals surface area contributed by atoms with Crippen molar-refractivity contribution in [2.75, 3.05) is 31.1 Å². The molecule has 4 heterocycles. The Morgan fingerprint density at radius 1 is 1.19 bits per heavy atom. The lowest BCUT2D eigenvalue weighted by Gasteiger charge is -2.36. The fraction of sp³-hybridized carbons (Fsp3) is 0.500. The molecule has 4 rings (SSSR count). The molecule has 0 atom stereocenters. The van der Waals surface area contributed by atoms with Gasteiger partial charge in [0.25, 0.3) is 5.78 Å². The number of rotatable bonds is 5. The minimum absolute atomic E-state index is 0.196. The van der Waals surface area contributed by atoms with E-state index in [0.717, 1.165) is 36.8 Å². The van der Waals surface area contributed by atoms with E-state index < -0.39 is 0 Å². The average Bonchev–Trinajstić information content (AvgIpc) is 3.34. The number of fused-ring (bicyclic) bond motifs is 1. The van der Waals surface area contributed by atoms with Crippen molar-refractivity contribution in [2.24, 2.45) is 0 Å². The summed E-state index contributed by atoms with van der Waals surface area (Å²) in [6.45, 7) is 7.68. The van der Waals surface area contributed by atoms with Gasteiger partial charge in [0.2, 0.25) is 5.91 Å². The maximum Gasteiger partial charge on any atom is 0.254 e. The Balaban J connectivity index is 1.37. The van der Waals surface area contributed by atoms with E-state index in [1.54, 1.807) is 10.7 Å². The molecule has 1 amide bonds. The van der Waals surface area contributed by atoms with Crippen LogP contribution in [-0.4, -0.2) is 66.1 Å². The Hall–Kier alpha value is -2.97. The summed E-state index contributed by atoms with van der Waals surface area (Å²) in [5.41, 5.74) is 0.913. The Kier molecular flexibility index (Phi) is 4.74. The molecule has 3 aromatic rings. The predicted molar refractivity (Wildman–Crippen MR) is 101 cm³/mol. The predicted octanol–water partition coefficient (Wildman–Crippen LogP) is 0.931. The van der Waals surface area contributed by atoms with Gasteiger partial charge in [-0.1, -0.05) is 6.92 Å². The van der Waals surface area contributed by atoms with Crippen LogP contribution in [0, 0.1) is 6.92 Å². The monoisotopic (exact) mass is 368 g/mol. The quantitative estimate of drug-likeness (QED) is 0.666. The number of imidazole rings is 1. The zero-order valence-corrected chi connectivity index (χ0v) is 15.7. The molecule has 1 aliphatic rings. The van der Waals surface area contributed by atoms with Gasteiger partial charge >= 0.3 is 0 Å². The topological polar surface area (TPSA) is 84.5 Å². The van der Waals surface area contributed by atoms with E-state index in [-0.39, 0.29) is 5.91 Å². The van der Waals surface area contributed by atoms with Gasteiger partial charge in [0.05, 0.1) is 0 Å². The van der Waals surface area contributed by atoms with E-state index in [1.807, 2.05) is 24.1 Å². The van der Waals surface area contributed by atoms with Crippen LogP contribution in [-0.2, 0) is 17.8 Å². The highest BCUT2D eigenvalue weighted by Gasteiger charge is 2.23. The third-order valence-corrected chi connectivity index (χ3v) is 5.00. The Bertz CT molecular complexity index is 938. The lowest BCUT2D eigenvalue weighted by molar-refractivity contribution is -0.131. The molecule has 0 radical (unpaired) electrons. The number of aryl methyl sites for hydroxylation is 3. The van der Waals surface area contributed by atoms with Crippen LogP contribution in [0.4, 0.5) is 5.82 Å². The van der Waals surface area contributed by atoms with Gasteiger partial charge in [0, 0.05) is 69.7 Å². The van der Waals surface area contributed by atoms with Gasteiger partial charge in [0.1, 0.15) is 18.0 Å². The Morgan fingerprint density at radius 2 is 2.00 bits per heavy atom. The number of hydrogen-bond acceptors (Lipinski definition) is 6. The summed E-state index contributed by atoms with van der Waals surface area (Å²) in [5, 5.41) is 4.28. The smallest absolute Gasteiger partial charge is 0.254 e. The SMILES string of the molecule is CCc1nccn1CCC(=O)N1CCN(c2cc(C)nc3ncnn23)CC1. The van der Waals surface area contributed by atoms with E-state index in [2.05, 4.69) is 36.4 Å². The molecule has 0 saturated carbocycles. The summed E-state index contributed by atoms with van der Waals surface area (Å²) < 4.78 is 3.82. The van der Waals surface area contributed by atoms with E-state index in [1.165, 1.54) is 6.33 Å². The summed E-state index contributed by atoms with van der Waals surface area (Å²) in [6.07, 6.45) is 6.64. The first-order chi connectivity index (χ1) is 13.2. The van der Waals surface area contributed by atoms with Crippen LogP contribution in [0.15, 0.2) is 24.8 Å². The van der Waals surface area contributed by atoms with E-state index in [4.69, 9.17) is 0 Å². The largest absolute Gasteiger partial charge is 0.353 e. The van der Waals surface area contributed by atoms with Gasteiger partial charge in [-0.3, -0.25) is 4.79 Å². The van der Waals surface area contributed by atoms with E-state index >= 15 is 0 Å². The molecule has 0 unspecified atom stereocenters. The lowest BCUT2D eigenvalue weighted by Crippen LogP contribution is -2.49. The zero-order valence-electron chi connectivity index (χ0n) is 15.7. The van der Waals surface area contributed by atoms with Gasteiger partial charge < -0.3 is 14.4 Å². The van der Waals surface area contributed by atoms with Gasteiger partial charge in [-0.05, 0) is 6.92 Å². The van der Waals surface area contributed by atoms with Crippen molar-refractivity contribution in [2.45, 2.75) is 33.2 Å². The third-order valence-electron chi connectivity index (χ3n) is 5.00. The van der Waals surface area contributed by atoms with Gasteiger partial charge in [-0.2, -0.15) is 14.6 Å². The molecule has 0 bridgehead atoms. The second kappa shape index (κ2) is 7.34. The number of carbonyl (C=O) groups excluding carboxylic acids is 1. The fourth-order valence-corrected chi connectivity index (χ4v) is 3.55. The van der Waals surface area contributed by atoms with Crippen molar-refractivity contribution < 1.29 is 4.79 Å². The van der Waals surface area contributed by atoms with Crippen molar-refractivity contribution in [3.05, 3.63) is 36.3 Å². The van der Waals surface area contributed by atoms with Gasteiger partial charge in [-0.25, -0.2) is 9.97 Å². The molecular formula is C18H24N8O. The first kappa shape index (κ1) is 17.4. The number of piperazine rings is 1. The van der Waals surface area contributed by atoms with E-state index in [0.29, 0.717) is 31.8 Å². The number of hydrogen-bond donors (Lipinski definition) is 0. The Labute approximate surface area is 157 Å². The summed E-state index contributed by atoms with van der Waals surface area (Å²) >= 11 is 0. The lowest BCUT2D eigenvalue weighted by atomic mass is 10.2. The second-order valence-corrected chi connectivity index (χ2v) is 6.74. The van der Waals surface area contributed by atoms with Crippen molar-refractivity contribution in [3.63, 3.8) is 0 Å². The molecule has 0 spiro atoms. The zero-order chi connectivity index (χ0) is 18.8. The number of amides is 1. The van der Waals surface area contributed by atoms with Gasteiger partial charge in [0.15, 0.2) is 0 Å². The number of aromatic nitrogens is 6. The molecule has 142 valence electrons. The highest BCUT2D eigenvalue weighted by atomic mass is 16.2. The minimum atomic E-state index is 0.196. The molecule has 1 aliphatic heterocycles. The number of anilines is 1. The van der Waals surface area contributed by atoms with Crippen LogP contribution < -0.4 is 4.90 Å². The van der Waals surface area contributed by atoms with Gasteiger partial charge in [-0.15, -0.1) is 0 Å². The summed E-state index contributed by atoms with van der Waals surface area (Å²) in [4.78, 5) is 29.7. The van der Waals surface area contributed by atoms with Crippen LogP contribution in [0.25, 0.3) is 5.78 Å². The average molecular weight is 368 g/mol. The first-order valence-corrected chi connectivity index (χ1v) is 9.36. The Morgan fingerprint density at radius 3 is 2.78 bits per heavy atom. The molecule has 0 N–H and O–H groups in total. The van der Waals surface area contributed by atoms with Crippen LogP contribution in [0.3, 0.4) is 0 Å². The van der Waals surface area contributed by atoms with Crippen LogP contribution in [0.1, 0.15) is 24.9 Å². The summed E-state index contributed by atoms with van der Waals surface area (Å²) in [7, 11) is 0. The molecule has 0 aromatic carbocycles. The number of nitrogens with zero attached hydrogens (tertiary/aromatic N) is 8. The summed E-state index contributed by atoms with van der Waals surface area (Å²) in [6, 6.07) is 2.02. The fourth-order valence-electron chi connectivity index (χ4n) is 3.55. The van der Waals surface area contributed by atoms with Crippen LogP contribution in [0.2, 0.25) is 0 Å². The molecule has 3 aromatic heterocycles. The minimum Gasteiger partial charge on any atom is -0.353 e. The molecule has 0 aliphatic carbocycles. The third kappa shape index (κ3) is 3.49. The second-order valence-electron chi connectivity index (χ2n) is 6.74. The standard InChI is InChI=1S/C18H24N8O/c1-3-15-19-5-7-23(15)6-4-17(27)25-10-8-24(9-11-25)16-12-14(2)22-18-20-13-21-26(16)18/h5,7,12-13H,3-4,6,8-11H2,1-2H3. The van der Waals surface area contributed by atoms with Crippen molar-refractivity contribution in [3.8, 4) is 0 Å². The van der Waals surface area contributed by atoms with Crippen LogP contribution >= 0.6 is 0 Å². The molecule has 1 saturated heterocycles. The molecular weight excluding hydrogens is 344 g/mol. The van der Waals surface area contributed by atoms with Crippen molar-refractivity contribution in [1.82, 2.24) is 34.0 Å². The number of carbonyl (C=O) groups is 1. The van der Waals surface area contributed by atoms with Crippen molar-refractivity contribution >= 4 is 17.5 Å². The molecule has 9 nitrogen and oxygen atoms in total. The van der Waals surface area contributed by atoms with Crippen molar-refractivity contribution in [1.29, 1.82) is 0 Å². The molecule has 9 heteroatoms. The maximum absolute atomic E-state index is 12.6. The highest BCUT2D eigenvalue weighted by molar-refractivity contribution is 5.76. The molecule has 1 fully saturated rings. The first-order valence-electron chi connectivity index (χ1n) is 9.36. The normalized spacial score (nSPS) is 14.9.